The molecule has 0 bridgehead atoms. The van der Waals surface area contributed by atoms with Crippen LogP contribution in [0.1, 0.15) is 19.4 Å². The summed E-state index contributed by atoms with van der Waals surface area (Å²) in [5.41, 5.74) is 2.66. The van der Waals surface area contributed by atoms with E-state index < -0.39 is 0 Å². The molecule has 0 aliphatic carbocycles. The number of hydrogen-bond acceptors (Lipinski definition) is 9. The molecule has 0 saturated carbocycles. The van der Waals surface area contributed by atoms with Gasteiger partial charge in [-0.05, 0) is 43.7 Å². The Hall–Kier alpha value is -3.73. The van der Waals surface area contributed by atoms with Crippen LogP contribution in [0.4, 0.5) is 5.69 Å². The van der Waals surface area contributed by atoms with Gasteiger partial charge in [-0.15, -0.1) is 10.2 Å². The van der Waals surface area contributed by atoms with Crippen molar-refractivity contribution >= 4 is 29.1 Å². The van der Waals surface area contributed by atoms with Crippen molar-refractivity contribution in [1.29, 1.82) is 0 Å². The lowest BCUT2D eigenvalue weighted by atomic mass is 10.1. The molecule has 0 fully saturated rings. The van der Waals surface area contributed by atoms with Crippen LogP contribution < -0.4 is 19.5 Å². The number of carbonyl (C=O) groups excluding carboxylic acids is 1. The first-order chi connectivity index (χ1) is 16.4. The van der Waals surface area contributed by atoms with Gasteiger partial charge >= 0.3 is 0 Å². The summed E-state index contributed by atoms with van der Waals surface area (Å²) < 4.78 is 18.2. The summed E-state index contributed by atoms with van der Waals surface area (Å²) >= 11 is 1.29. The first kappa shape index (κ1) is 24.9. The number of nitrogens with one attached hydrogen (secondary N) is 1. The summed E-state index contributed by atoms with van der Waals surface area (Å²) in [4.78, 5) is 12.5. The molecule has 180 valence electrons. The van der Waals surface area contributed by atoms with Crippen molar-refractivity contribution < 1.29 is 24.2 Å². The molecule has 1 amide bonds. The van der Waals surface area contributed by atoms with Crippen molar-refractivity contribution in [3.8, 4) is 28.6 Å². The number of oxime groups is 1. The second-order valence-corrected chi connectivity index (χ2v) is 8.01. The van der Waals surface area contributed by atoms with E-state index in [1.54, 1.807) is 52.5 Å². The average molecular weight is 486 g/mol. The van der Waals surface area contributed by atoms with Crippen LogP contribution in [0.5, 0.6) is 17.2 Å². The maximum atomic E-state index is 12.5. The molecule has 0 saturated heterocycles. The Morgan fingerprint density at radius 2 is 1.74 bits per heavy atom. The smallest absolute Gasteiger partial charge is 0.234 e. The number of hydrogen-bond donors (Lipinski definition) is 2. The van der Waals surface area contributed by atoms with Gasteiger partial charge in [0.05, 0.1) is 32.8 Å². The molecule has 34 heavy (non-hydrogen) atoms. The van der Waals surface area contributed by atoms with E-state index in [1.807, 2.05) is 23.6 Å². The van der Waals surface area contributed by atoms with Crippen molar-refractivity contribution in [3.05, 3.63) is 42.0 Å². The van der Waals surface area contributed by atoms with Gasteiger partial charge in [0.1, 0.15) is 0 Å². The highest BCUT2D eigenvalue weighted by atomic mass is 32.2. The van der Waals surface area contributed by atoms with Crippen molar-refractivity contribution in [1.82, 2.24) is 14.8 Å². The zero-order valence-electron chi connectivity index (χ0n) is 19.7. The zero-order chi connectivity index (χ0) is 24.7. The molecule has 0 atom stereocenters. The quantitative estimate of drug-likeness (QED) is 0.192. The summed E-state index contributed by atoms with van der Waals surface area (Å²) in [6.07, 6.45) is 0. The van der Waals surface area contributed by atoms with Gasteiger partial charge in [0.15, 0.2) is 22.5 Å². The molecule has 10 nitrogen and oxygen atoms in total. The van der Waals surface area contributed by atoms with Gasteiger partial charge in [-0.2, -0.15) is 0 Å². The van der Waals surface area contributed by atoms with Crippen LogP contribution in [0.25, 0.3) is 11.4 Å². The van der Waals surface area contributed by atoms with Crippen LogP contribution in [0, 0.1) is 0 Å². The Labute approximate surface area is 201 Å². The second-order valence-electron chi connectivity index (χ2n) is 7.06. The molecule has 2 N–H and O–H groups in total. The Morgan fingerprint density at radius 3 is 2.26 bits per heavy atom. The summed E-state index contributed by atoms with van der Waals surface area (Å²) in [6.45, 7) is 4.28. The number of amides is 1. The maximum Gasteiger partial charge on any atom is 0.234 e. The van der Waals surface area contributed by atoms with Crippen LogP contribution in [-0.2, 0) is 11.3 Å². The van der Waals surface area contributed by atoms with Gasteiger partial charge in [-0.25, -0.2) is 0 Å². The molecule has 0 radical (unpaired) electrons. The monoisotopic (exact) mass is 485 g/mol. The van der Waals surface area contributed by atoms with Crippen LogP contribution >= 0.6 is 11.8 Å². The molecular formula is C23H27N5O5S. The number of nitrogens with zero attached hydrogens (tertiary/aromatic N) is 4. The van der Waals surface area contributed by atoms with Gasteiger partial charge < -0.3 is 29.3 Å². The number of aromatic nitrogens is 3. The van der Waals surface area contributed by atoms with E-state index in [0.29, 0.717) is 46.2 Å². The van der Waals surface area contributed by atoms with Crippen molar-refractivity contribution in [2.24, 2.45) is 5.16 Å². The summed E-state index contributed by atoms with van der Waals surface area (Å²) in [7, 11) is 4.66. The third-order valence-corrected chi connectivity index (χ3v) is 5.99. The number of carbonyl (C=O) groups is 1. The molecule has 3 aromatic rings. The number of benzene rings is 2. The minimum Gasteiger partial charge on any atom is -0.493 e. The number of thioether (sulfide) groups is 1. The highest BCUT2D eigenvalue weighted by Crippen LogP contribution is 2.41. The first-order valence-electron chi connectivity index (χ1n) is 10.4. The molecule has 0 unspecified atom stereocenters. The lowest BCUT2D eigenvalue weighted by Crippen LogP contribution is -2.14. The summed E-state index contributed by atoms with van der Waals surface area (Å²) in [5, 5.41) is 24.1. The molecular weight excluding hydrogens is 458 g/mol. The zero-order valence-corrected chi connectivity index (χ0v) is 20.5. The summed E-state index contributed by atoms with van der Waals surface area (Å²) in [5.74, 6) is 2.14. The fourth-order valence-electron chi connectivity index (χ4n) is 3.28. The average Bonchev–Trinajstić information content (AvgIpc) is 3.29. The van der Waals surface area contributed by atoms with E-state index in [0.717, 1.165) is 11.1 Å². The fraction of sp³-hybridized carbons (Fsp3) is 0.304. The lowest BCUT2D eigenvalue weighted by Gasteiger charge is -2.14. The Kier molecular flexibility index (Phi) is 8.36. The summed E-state index contributed by atoms with van der Waals surface area (Å²) in [6, 6.07) is 10.7. The van der Waals surface area contributed by atoms with Crippen molar-refractivity contribution in [2.45, 2.75) is 25.5 Å². The Morgan fingerprint density at radius 1 is 1.09 bits per heavy atom. The van der Waals surface area contributed by atoms with E-state index in [9.17, 15) is 4.79 Å². The molecule has 2 aromatic carbocycles. The van der Waals surface area contributed by atoms with Crippen molar-refractivity contribution in [3.63, 3.8) is 0 Å². The SMILES string of the molecule is CCn1c(SCC(=O)Nc2ccc(/C(C)=N/O)cc2)nnc1-c1cc(OC)c(OC)c(OC)c1. The van der Waals surface area contributed by atoms with Gasteiger partial charge in [0, 0.05) is 17.8 Å². The third-order valence-electron chi connectivity index (χ3n) is 5.02. The van der Waals surface area contributed by atoms with Gasteiger partial charge in [0.2, 0.25) is 11.7 Å². The van der Waals surface area contributed by atoms with E-state index in [4.69, 9.17) is 19.4 Å². The lowest BCUT2D eigenvalue weighted by molar-refractivity contribution is -0.113. The van der Waals surface area contributed by atoms with Crippen LogP contribution in [0.2, 0.25) is 0 Å². The van der Waals surface area contributed by atoms with Gasteiger partial charge in [0.25, 0.3) is 0 Å². The van der Waals surface area contributed by atoms with Gasteiger partial charge in [-0.3, -0.25) is 4.79 Å². The predicted octanol–water partition coefficient (Wildman–Crippen LogP) is 3.92. The predicted molar refractivity (Wildman–Crippen MR) is 131 cm³/mol. The molecule has 0 aliphatic rings. The number of ether oxygens (including phenoxy) is 3. The standard InChI is InChI=1S/C23H27N5O5S/c1-6-28-22(16-11-18(31-3)21(33-5)19(12-16)32-4)25-26-23(28)34-13-20(29)24-17-9-7-15(8-10-17)14(2)27-30/h7-12,30H,6,13H2,1-5H3,(H,24,29)/b27-14+. The number of rotatable bonds is 10. The minimum atomic E-state index is -0.176. The molecule has 11 heteroatoms. The fourth-order valence-corrected chi connectivity index (χ4v) is 4.09. The molecule has 3 rings (SSSR count). The van der Waals surface area contributed by atoms with Gasteiger partial charge in [-0.1, -0.05) is 29.1 Å². The molecule has 0 aliphatic heterocycles. The van der Waals surface area contributed by atoms with E-state index in [-0.39, 0.29) is 11.7 Å². The highest BCUT2D eigenvalue weighted by molar-refractivity contribution is 7.99. The first-order valence-corrected chi connectivity index (χ1v) is 11.4. The molecule has 0 spiro atoms. The number of anilines is 1. The Balaban J connectivity index is 1.74. The maximum absolute atomic E-state index is 12.5. The Bertz CT molecular complexity index is 1150. The van der Waals surface area contributed by atoms with Crippen molar-refractivity contribution in [2.75, 3.05) is 32.4 Å². The third kappa shape index (κ3) is 5.42. The van der Waals surface area contributed by atoms with Crippen LogP contribution in [0.3, 0.4) is 0 Å². The van der Waals surface area contributed by atoms with E-state index >= 15 is 0 Å². The highest BCUT2D eigenvalue weighted by Gasteiger charge is 2.19. The van der Waals surface area contributed by atoms with E-state index in [1.165, 1.54) is 11.8 Å². The second kappa shape index (κ2) is 11.4. The minimum absolute atomic E-state index is 0.159. The number of methoxy groups -OCH3 is 3. The normalized spacial score (nSPS) is 11.3. The topological polar surface area (TPSA) is 120 Å². The van der Waals surface area contributed by atoms with Crippen LogP contribution in [-0.4, -0.2) is 58.7 Å². The molecule has 1 aromatic heterocycles. The van der Waals surface area contributed by atoms with E-state index in [2.05, 4.69) is 20.7 Å². The van der Waals surface area contributed by atoms with Crippen LogP contribution in [0.15, 0.2) is 46.7 Å². The largest absolute Gasteiger partial charge is 0.493 e. The molecule has 1 heterocycles.